The zero-order valence-electron chi connectivity index (χ0n) is 9.81. The van der Waals surface area contributed by atoms with Crippen molar-refractivity contribution in [2.45, 2.75) is 12.6 Å². The molecular formula is C11H11F3N4O. The van der Waals surface area contributed by atoms with E-state index in [2.05, 4.69) is 15.3 Å². The fraction of sp³-hybridized carbons (Fsp3) is 0.364. The lowest BCUT2D eigenvalue weighted by molar-refractivity contribution is -0.137. The molecule has 1 amide bonds. The van der Waals surface area contributed by atoms with Gasteiger partial charge in [0.15, 0.2) is 0 Å². The van der Waals surface area contributed by atoms with Crippen molar-refractivity contribution < 1.29 is 18.0 Å². The topological polar surface area (TPSA) is 77.9 Å². The summed E-state index contributed by atoms with van der Waals surface area (Å²) in [5.74, 6) is -0.797. The number of hydrogen-bond acceptors (Lipinski definition) is 2. The number of alkyl halides is 3. The van der Waals surface area contributed by atoms with Crippen molar-refractivity contribution in [3.8, 4) is 0 Å². The second-order valence-corrected chi connectivity index (χ2v) is 3.61. The Balaban J connectivity index is 2.69. The van der Waals surface area contributed by atoms with Crippen LogP contribution in [-0.2, 0) is 6.18 Å². The second kappa shape index (κ2) is 6.65. The largest absolute Gasteiger partial charge is 0.417 e. The molecule has 0 radical (unpaired) electrons. The Morgan fingerprint density at radius 1 is 1.37 bits per heavy atom. The lowest BCUT2D eigenvalue weighted by Gasteiger charge is -2.12. The quantitative estimate of drug-likeness (QED) is 0.380. The highest BCUT2D eigenvalue weighted by molar-refractivity contribution is 5.95. The van der Waals surface area contributed by atoms with Crippen LogP contribution in [0, 0.1) is 0 Å². The highest BCUT2D eigenvalue weighted by Crippen LogP contribution is 2.31. The van der Waals surface area contributed by atoms with Crippen LogP contribution in [0.25, 0.3) is 10.4 Å². The maximum atomic E-state index is 12.7. The Morgan fingerprint density at radius 3 is 2.68 bits per heavy atom. The maximum Gasteiger partial charge on any atom is 0.417 e. The van der Waals surface area contributed by atoms with E-state index in [1.165, 1.54) is 12.1 Å². The number of hydrogen-bond donors (Lipinski definition) is 1. The summed E-state index contributed by atoms with van der Waals surface area (Å²) in [5, 5.41) is 5.60. The van der Waals surface area contributed by atoms with Gasteiger partial charge in [0.05, 0.1) is 11.1 Å². The molecule has 0 unspecified atom stereocenters. The minimum absolute atomic E-state index is 0.143. The van der Waals surface area contributed by atoms with Crippen molar-refractivity contribution in [1.29, 1.82) is 0 Å². The molecule has 0 atom stereocenters. The van der Waals surface area contributed by atoms with Gasteiger partial charge in [-0.1, -0.05) is 17.2 Å². The number of azide groups is 1. The summed E-state index contributed by atoms with van der Waals surface area (Å²) in [4.78, 5) is 14.2. The molecule has 0 saturated carbocycles. The van der Waals surface area contributed by atoms with E-state index in [0.717, 1.165) is 12.1 Å². The van der Waals surface area contributed by atoms with Gasteiger partial charge in [0.2, 0.25) is 0 Å². The smallest absolute Gasteiger partial charge is 0.352 e. The molecule has 0 saturated heterocycles. The number of benzene rings is 1. The van der Waals surface area contributed by atoms with Gasteiger partial charge in [-0.3, -0.25) is 4.79 Å². The van der Waals surface area contributed by atoms with Gasteiger partial charge in [-0.2, -0.15) is 13.2 Å². The maximum absolute atomic E-state index is 12.7. The molecule has 0 heterocycles. The number of carbonyl (C=O) groups is 1. The van der Waals surface area contributed by atoms with Crippen LogP contribution >= 0.6 is 0 Å². The van der Waals surface area contributed by atoms with Gasteiger partial charge in [0, 0.05) is 18.0 Å². The molecule has 0 spiro atoms. The number of amides is 1. The number of halogens is 3. The molecule has 1 aromatic carbocycles. The van der Waals surface area contributed by atoms with E-state index >= 15 is 0 Å². The van der Waals surface area contributed by atoms with Crippen LogP contribution < -0.4 is 5.32 Å². The Hall–Kier alpha value is -2.21. The predicted molar refractivity (Wildman–Crippen MR) is 62.4 cm³/mol. The molecule has 1 N–H and O–H groups in total. The third-order valence-corrected chi connectivity index (χ3v) is 2.26. The summed E-state index contributed by atoms with van der Waals surface area (Å²) >= 11 is 0. The molecule has 1 aromatic rings. The van der Waals surface area contributed by atoms with Crippen molar-refractivity contribution >= 4 is 5.91 Å². The molecule has 1 rings (SSSR count). The fourth-order valence-electron chi connectivity index (χ4n) is 1.42. The number of carbonyl (C=O) groups excluding carboxylic acids is 1. The third-order valence-electron chi connectivity index (χ3n) is 2.26. The van der Waals surface area contributed by atoms with Crippen LogP contribution in [0.2, 0.25) is 0 Å². The highest BCUT2D eigenvalue weighted by Gasteiger charge is 2.34. The van der Waals surface area contributed by atoms with Gasteiger partial charge >= 0.3 is 6.18 Å². The summed E-state index contributed by atoms with van der Waals surface area (Å²) in [7, 11) is 0. The van der Waals surface area contributed by atoms with Crippen LogP contribution in [0.3, 0.4) is 0 Å². The van der Waals surface area contributed by atoms with Crippen molar-refractivity contribution in [3.05, 3.63) is 45.8 Å². The molecule has 5 nitrogen and oxygen atoms in total. The van der Waals surface area contributed by atoms with Crippen LogP contribution in [0.15, 0.2) is 29.4 Å². The summed E-state index contributed by atoms with van der Waals surface area (Å²) < 4.78 is 38.0. The average Bonchev–Trinajstić information content (AvgIpc) is 2.37. The first-order chi connectivity index (χ1) is 8.96. The average molecular weight is 272 g/mol. The standard InChI is InChI=1S/C11H11F3N4O/c12-11(13,14)9-5-2-1-4-8(9)10(19)16-6-3-7-17-18-15/h1-2,4-5H,3,6-7H2,(H,16,19). The second-order valence-electron chi connectivity index (χ2n) is 3.61. The lowest BCUT2D eigenvalue weighted by atomic mass is 10.1. The van der Waals surface area contributed by atoms with Gasteiger partial charge in [0.1, 0.15) is 0 Å². The number of rotatable bonds is 5. The van der Waals surface area contributed by atoms with E-state index in [4.69, 9.17) is 5.53 Å². The van der Waals surface area contributed by atoms with Gasteiger partial charge in [-0.05, 0) is 24.1 Å². The monoisotopic (exact) mass is 272 g/mol. The summed E-state index contributed by atoms with van der Waals surface area (Å²) in [5.41, 5.74) is 6.64. The van der Waals surface area contributed by atoms with Gasteiger partial charge in [-0.25, -0.2) is 0 Å². The molecule has 19 heavy (non-hydrogen) atoms. The first-order valence-electron chi connectivity index (χ1n) is 5.42. The molecule has 0 aromatic heterocycles. The van der Waals surface area contributed by atoms with E-state index < -0.39 is 23.2 Å². The van der Waals surface area contributed by atoms with E-state index in [0.29, 0.717) is 6.42 Å². The molecule has 0 aliphatic carbocycles. The predicted octanol–water partition coefficient (Wildman–Crippen LogP) is 3.14. The number of nitrogens with one attached hydrogen (secondary N) is 1. The molecule has 0 fully saturated rings. The van der Waals surface area contributed by atoms with Crippen LogP contribution in [0.5, 0.6) is 0 Å². The van der Waals surface area contributed by atoms with E-state index in [1.807, 2.05) is 0 Å². The lowest BCUT2D eigenvalue weighted by Crippen LogP contribution is -2.27. The van der Waals surface area contributed by atoms with Crippen LogP contribution in [0.1, 0.15) is 22.3 Å². The zero-order chi connectivity index (χ0) is 14.3. The fourth-order valence-corrected chi connectivity index (χ4v) is 1.42. The Bertz CT molecular complexity index is 495. The van der Waals surface area contributed by atoms with Crippen molar-refractivity contribution in [3.63, 3.8) is 0 Å². The van der Waals surface area contributed by atoms with Crippen LogP contribution in [0.4, 0.5) is 13.2 Å². The Labute approximate surface area is 107 Å². The normalized spacial score (nSPS) is 10.7. The molecule has 0 bridgehead atoms. The van der Waals surface area contributed by atoms with E-state index in [1.54, 1.807) is 0 Å². The minimum atomic E-state index is -4.57. The molecular weight excluding hydrogens is 261 g/mol. The zero-order valence-corrected chi connectivity index (χ0v) is 9.81. The molecule has 8 heteroatoms. The first-order valence-corrected chi connectivity index (χ1v) is 5.42. The minimum Gasteiger partial charge on any atom is -0.352 e. The van der Waals surface area contributed by atoms with Gasteiger partial charge in [0.25, 0.3) is 5.91 Å². The third kappa shape index (κ3) is 4.51. The highest BCUT2D eigenvalue weighted by atomic mass is 19.4. The summed E-state index contributed by atoms with van der Waals surface area (Å²) in [6.45, 7) is 0.321. The van der Waals surface area contributed by atoms with Crippen molar-refractivity contribution in [2.75, 3.05) is 13.1 Å². The Morgan fingerprint density at radius 2 is 2.05 bits per heavy atom. The van der Waals surface area contributed by atoms with Crippen LogP contribution in [-0.4, -0.2) is 19.0 Å². The summed E-state index contributed by atoms with van der Waals surface area (Å²) in [6, 6.07) is 4.56. The van der Waals surface area contributed by atoms with Gasteiger partial charge < -0.3 is 5.32 Å². The molecule has 102 valence electrons. The molecule has 0 aliphatic heterocycles. The van der Waals surface area contributed by atoms with E-state index in [9.17, 15) is 18.0 Å². The van der Waals surface area contributed by atoms with Crippen molar-refractivity contribution in [1.82, 2.24) is 5.32 Å². The van der Waals surface area contributed by atoms with Crippen molar-refractivity contribution in [2.24, 2.45) is 5.11 Å². The summed E-state index contributed by atoms with van der Waals surface area (Å²) in [6.07, 6.45) is -4.21. The SMILES string of the molecule is [N-]=[N+]=NCCCNC(=O)c1ccccc1C(F)(F)F. The first kappa shape index (κ1) is 14.8. The van der Waals surface area contributed by atoms with Gasteiger partial charge in [-0.15, -0.1) is 0 Å². The Kier molecular flexibility index (Phi) is 5.20. The van der Waals surface area contributed by atoms with E-state index in [-0.39, 0.29) is 13.1 Å². The molecule has 0 aliphatic rings. The number of nitrogens with zero attached hydrogens (tertiary/aromatic N) is 3.